The summed E-state index contributed by atoms with van der Waals surface area (Å²) in [6.45, 7) is 8.55. The van der Waals surface area contributed by atoms with Gasteiger partial charge in [-0.2, -0.15) is 0 Å². The van der Waals surface area contributed by atoms with Crippen molar-refractivity contribution in [2.24, 2.45) is 0 Å². The molecular weight excluding hydrogens is 392 g/mol. The normalized spacial score (nSPS) is 18.8. The standard InChI is InChI=1S/C22H25ClN2O4/c1-4-24(5-2)12-13-25-19(17-11-6-14(3)29-17)18(21(27)22(25)28)20(26)15-7-9-16(23)10-8-15/h6-11,19,26H,4-5,12-13H2,1-3H3. The molecule has 0 spiro atoms. The third-order valence-corrected chi connectivity index (χ3v) is 5.49. The zero-order valence-corrected chi connectivity index (χ0v) is 17.6. The molecule has 1 aromatic heterocycles. The van der Waals surface area contributed by atoms with Crippen LogP contribution >= 0.6 is 11.6 Å². The molecule has 0 bridgehead atoms. The number of aryl methyl sites for hydroxylation is 1. The van der Waals surface area contributed by atoms with E-state index >= 15 is 0 Å². The summed E-state index contributed by atoms with van der Waals surface area (Å²) in [7, 11) is 0. The van der Waals surface area contributed by atoms with Gasteiger partial charge >= 0.3 is 0 Å². The van der Waals surface area contributed by atoms with Crippen LogP contribution in [0.15, 0.2) is 46.4 Å². The van der Waals surface area contributed by atoms with Crippen LogP contribution in [0.4, 0.5) is 0 Å². The number of ketones is 1. The average molecular weight is 417 g/mol. The zero-order chi connectivity index (χ0) is 21.1. The summed E-state index contributed by atoms with van der Waals surface area (Å²) < 4.78 is 5.76. The number of aliphatic hydroxyl groups excluding tert-OH is 1. The minimum Gasteiger partial charge on any atom is -0.507 e. The Morgan fingerprint density at radius 2 is 1.79 bits per heavy atom. The summed E-state index contributed by atoms with van der Waals surface area (Å²) in [6, 6.07) is 9.23. The predicted molar refractivity (Wildman–Crippen MR) is 112 cm³/mol. The Bertz CT molecular complexity index is 929. The second kappa shape index (κ2) is 8.84. The zero-order valence-electron chi connectivity index (χ0n) is 16.8. The SMILES string of the molecule is CCN(CC)CCN1C(=O)C(=O)C(=C(O)c2ccc(Cl)cc2)C1c1ccc(C)o1. The third-order valence-electron chi connectivity index (χ3n) is 5.24. The molecule has 7 heteroatoms. The molecule has 1 saturated heterocycles. The van der Waals surface area contributed by atoms with Gasteiger partial charge in [0.05, 0.1) is 5.57 Å². The van der Waals surface area contributed by atoms with Crippen LogP contribution in [0, 0.1) is 6.92 Å². The summed E-state index contributed by atoms with van der Waals surface area (Å²) in [5.41, 5.74) is 0.454. The maximum Gasteiger partial charge on any atom is 0.295 e. The van der Waals surface area contributed by atoms with Gasteiger partial charge in [-0.3, -0.25) is 9.59 Å². The van der Waals surface area contributed by atoms with E-state index < -0.39 is 17.7 Å². The number of nitrogens with zero attached hydrogens (tertiary/aromatic N) is 2. The van der Waals surface area contributed by atoms with E-state index in [0.29, 0.717) is 35.2 Å². The van der Waals surface area contributed by atoms with Gasteiger partial charge in [0.15, 0.2) is 0 Å². The molecular formula is C22H25ClN2O4. The summed E-state index contributed by atoms with van der Waals surface area (Å²) >= 11 is 5.93. The number of hydrogen-bond donors (Lipinski definition) is 1. The van der Waals surface area contributed by atoms with Crippen molar-refractivity contribution in [1.29, 1.82) is 0 Å². The van der Waals surface area contributed by atoms with E-state index in [9.17, 15) is 14.7 Å². The number of aliphatic hydroxyl groups is 1. The lowest BCUT2D eigenvalue weighted by atomic mass is 9.99. The van der Waals surface area contributed by atoms with Crippen LogP contribution in [0.25, 0.3) is 5.76 Å². The Labute approximate surface area is 175 Å². The molecule has 0 radical (unpaired) electrons. The highest BCUT2D eigenvalue weighted by atomic mass is 35.5. The van der Waals surface area contributed by atoms with Gasteiger partial charge in [0.1, 0.15) is 23.3 Å². The molecule has 1 N–H and O–H groups in total. The van der Waals surface area contributed by atoms with E-state index in [0.717, 1.165) is 13.1 Å². The van der Waals surface area contributed by atoms with Crippen LogP contribution in [0.5, 0.6) is 0 Å². The van der Waals surface area contributed by atoms with E-state index in [1.807, 2.05) is 13.8 Å². The molecule has 1 aliphatic heterocycles. The second-order valence-electron chi connectivity index (χ2n) is 6.97. The van der Waals surface area contributed by atoms with E-state index in [4.69, 9.17) is 16.0 Å². The summed E-state index contributed by atoms with van der Waals surface area (Å²) in [4.78, 5) is 29.4. The van der Waals surface area contributed by atoms with Crippen LogP contribution < -0.4 is 0 Å². The van der Waals surface area contributed by atoms with Gasteiger partial charge in [0.2, 0.25) is 0 Å². The van der Waals surface area contributed by atoms with Crippen molar-refractivity contribution in [2.75, 3.05) is 26.2 Å². The largest absolute Gasteiger partial charge is 0.507 e. The number of benzene rings is 1. The first-order chi connectivity index (χ1) is 13.9. The van der Waals surface area contributed by atoms with Gasteiger partial charge < -0.3 is 19.3 Å². The van der Waals surface area contributed by atoms with E-state index in [2.05, 4.69) is 4.90 Å². The van der Waals surface area contributed by atoms with Crippen molar-refractivity contribution in [1.82, 2.24) is 9.80 Å². The maximum atomic E-state index is 12.9. The average Bonchev–Trinajstić information content (AvgIpc) is 3.24. The van der Waals surface area contributed by atoms with Gasteiger partial charge in [-0.25, -0.2) is 0 Å². The predicted octanol–water partition coefficient (Wildman–Crippen LogP) is 4.00. The summed E-state index contributed by atoms with van der Waals surface area (Å²) in [5.74, 6) is -0.454. The fraction of sp³-hybridized carbons (Fsp3) is 0.364. The monoisotopic (exact) mass is 416 g/mol. The highest BCUT2D eigenvalue weighted by molar-refractivity contribution is 6.46. The molecule has 1 unspecified atom stereocenters. The number of likely N-dealkylation sites (tertiary alicyclic amines) is 1. The maximum absolute atomic E-state index is 12.9. The molecule has 1 aromatic carbocycles. The van der Waals surface area contributed by atoms with Crippen LogP contribution in [-0.4, -0.2) is 52.8 Å². The number of likely N-dealkylation sites (N-methyl/N-ethyl adjacent to an activating group) is 1. The molecule has 3 rings (SSSR count). The second-order valence-corrected chi connectivity index (χ2v) is 7.41. The highest BCUT2D eigenvalue weighted by Crippen LogP contribution is 2.39. The topological polar surface area (TPSA) is 74.0 Å². The van der Waals surface area contributed by atoms with Crippen LogP contribution in [0.2, 0.25) is 5.02 Å². The molecule has 154 valence electrons. The number of rotatable bonds is 7. The minimum absolute atomic E-state index is 0.0335. The molecule has 1 fully saturated rings. The molecule has 2 heterocycles. The summed E-state index contributed by atoms with van der Waals surface area (Å²) in [5, 5.41) is 11.4. The number of Topliss-reactive ketones (excluding diaryl/α,β-unsaturated/α-hetero) is 1. The summed E-state index contributed by atoms with van der Waals surface area (Å²) in [6.07, 6.45) is 0. The first-order valence-electron chi connectivity index (χ1n) is 9.70. The smallest absolute Gasteiger partial charge is 0.295 e. The number of carbonyl (C=O) groups excluding carboxylic acids is 2. The molecule has 0 aliphatic carbocycles. The Balaban J connectivity index is 2.06. The number of furan rings is 1. The van der Waals surface area contributed by atoms with Crippen LogP contribution in [0.1, 0.15) is 37.0 Å². The van der Waals surface area contributed by atoms with Crippen molar-refractivity contribution in [3.05, 3.63) is 64.1 Å². The highest BCUT2D eigenvalue weighted by Gasteiger charge is 2.47. The fourth-order valence-corrected chi connectivity index (χ4v) is 3.69. The lowest BCUT2D eigenvalue weighted by Gasteiger charge is -2.26. The molecule has 2 aromatic rings. The van der Waals surface area contributed by atoms with Crippen molar-refractivity contribution >= 4 is 29.1 Å². The van der Waals surface area contributed by atoms with Gasteiger partial charge in [-0.05, 0) is 56.4 Å². The van der Waals surface area contributed by atoms with Crippen molar-refractivity contribution in [2.45, 2.75) is 26.8 Å². The van der Waals surface area contributed by atoms with Gasteiger partial charge in [-0.1, -0.05) is 25.4 Å². The Morgan fingerprint density at radius 3 is 2.34 bits per heavy atom. The first-order valence-corrected chi connectivity index (χ1v) is 10.1. The van der Waals surface area contributed by atoms with E-state index in [1.165, 1.54) is 4.90 Å². The molecule has 1 aliphatic rings. The van der Waals surface area contributed by atoms with E-state index in [-0.39, 0.29) is 11.3 Å². The Morgan fingerprint density at radius 1 is 1.14 bits per heavy atom. The van der Waals surface area contributed by atoms with Crippen molar-refractivity contribution in [3.63, 3.8) is 0 Å². The lowest BCUT2D eigenvalue weighted by Crippen LogP contribution is -2.37. The number of halogens is 1. The quantitative estimate of drug-likeness (QED) is 0.419. The van der Waals surface area contributed by atoms with Gasteiger partial charge in [-0.15, -0.1) is 0 Å². The Kier molecular flexibility index (Phi) is 6.45. The van der Waals surface area contributed by atoms with Crippen molar-refractivity contribution in [3.8, 4) is 0 Å². The lowest BCUT2D eigenvalue weighted by molar-refractivity contribution is -0.140. The third kappa shape index (κ3) is 4.23. The van der Waals surface area contributed by atoms with E-state index in [1.54, 1.807) is 43.3 Å². The molecule has 29 heavy (non-hydrogen) atoms. The number of carbonyl (C=O) groups is 2. The van der Waals surface area contributed by atoms with Gasteiger partial charge in [0, 0.05) is 23.7 Å². The minimum atomic E-state index is -0.769. The molecule has 1 atom stereocenters. The number of amides is 1. The van der Waals surface area contributed by atoms with Crippen molar-refractivity contribution < 1.29 is 19.1 Å². The Hall–Kier alpha value is -2.57. The fourth-order valence-electron chi connectivity index (χ4n) is 3.56. The van der Waals surface area contributed by atoms with Gasteiger partial charge in [0.25, 0.3) is 11.7 Å². The molecule has 0 saturated carbocycles. The molecule has 1 amide bonds. The van der Waals surface area contributed by atoms with Crippen LogP contribution in [0.3, 0.4) is 0 Å². The number of hydrogen-bond acceptors (Lipinski definition) is 5. The van der Waals surface area contributed by atoms with Crippen LogP contribution in [-0.2, 0) is 9.59 Å². The molecule has 6 nitrogen and oxygen atoms in total. The first kappa shape index (κ1) is 21.1.